The maximum atomic E-state index is 9.89. The Morgan fingerprint density at radius 3 is 2.62 bits per heavy atom. The van der Waals surface area contributed by atoms with E-state index in [0.717, 1.165) is 37.3 Å². The minimum Gasteiger partial charge on any atom is -0.508 e. The fourth-order valence-corrected chi connectivity index (χ4v) is 2.60. The lowest BCUT2D eigenvalue weighted by molar-refractivity contribution is 0.305. The van der Waals surface area contributed by atoms with E-state index in [0.29, 0.717) is 5.75 Å². The predicted octanol–water partition coefficient (Wildman–Crippen LogP) is 3.04. The Labute approximate surface area is 127 Å². The molecule has 0 atom stereocenters. The summed E-state index contributed by atoms with van der Waals surface area (Å²) >= 11 is 0. The molecule has 0 unspecified atom stereocenters. The topological polar surface area (TPSA) is 41.3 Å². The van der Waals surface area contributed by atoms with Gasteiger partial charge in [-0.05, 0) is 52.9 Å². The molecule has 2 rings (SSSR count). The van der Waals surface area contributed by atoms with Crippen molar-refractivity contribution in [2.24, 2.45) is 0 Å². The van der Waals surface area contributed by atoms with Crippen molar-refractivity contribution in [3.05, 3.63) is 46.8 Å². The van der Waals surface area contributed by atoms with Crippen LogP contribution in [0.3, 0.4) is 0 Å². The average Bonchev–Trinajstić information content (AvgIpc) is 2.72. The third-order valence-electron chi connectivity index (χ3n) is 3.69. The second-order valence-corrected chi connectivity index (χ2v) is 5.87. The van der Waals surface area contributed by atoms with Crippen molar-refractivity contribution in [3.8, 4) is 5.75 Å². The van der Waals surface area contributed by atoms with E-state index in [1.165, 1.54) is 11.3 Å². The summed E-state index contributed by atoms with van der Waals surface area (Å²) in [5.74, 6) is 0.381. The summed E-state index contributed by atoms with van der Waals surface area (Å²) in [7, 11) is 2.09. The van der Waals surface area contributed by atoms with Gasteiger partial charge < -0.3 is 10.0 Å². The Bertz CT molecular complexity index is 604. The lowest BCUT2D eigenvalue weighted by atomic mass is 10.1. The molecule has 4 heteroatoms. The van der Waals surface area contributed by atoms with Crippen molar-refractivity contribution >= 4 is 0 Å². The largest absolute Gasteiger partial charge is 0.508 e. The van der Waals surface area contributed by atoms with Crippen molar-refractivity contribution in [1.82, 2.24) is 14.7 Å². The van der Waals surface area contributed by atoms with Crippen molar-refractivity contribution in [3.63, 3.8) is 0 Å². The van der Waals surface area contributed by atoms with Gasteiger partial charge in [0.25, 0.3) is 0 Å². The van der Waals surface area contributed by atoms with Crippen LogP contribution in [0.25, 0.3) is 0 Å². The number of aromatic hydroxyl groups is 1. The Morgan fingerprint density at radius 1 is 1.19 bits per heavy atom. The zero-order valence-corrected chi connectivity index (χ0v) is 13.4. The monoisotopic (exact) mass is 287 g/mol. The normalized spacial score (nSPS) is 11.3. The first-order valence-corrected chi connectivity index (χ1v) is 7.44. The van der Waals surface area contributed by atoms with Gasteiger partial charge in [0.05, 0.1) is 5.69 Å². The van der Waals surface area contributed by atoms with Gasteiger partial charge in [-0.1, -0.05) is 17.7 Å². The number of hydrogen-bond acceptors (Lipinski definition) is 3. The second-order valence-electron chi connectivity index (χ2n) is 5.87. The van der Waals surface area contributed by atoms with Gasteiger partial charge in [0, 0.05) is 24.3 Å². The first-order chi connectivity index (χ1) is 9.95. The van der Waals surface area contributed by atoms with Crippen LogP contribution in [0, 0.1) is 20.8 Å². The summed E-state index contributed by atoms with van der Waals surface area (Å²) in [5, 5.41) is 14.4. The molecule has 0 amide bonds. The maximum absolute atomic E-state index is 9.89. The smallest absolute Gasteiger partial charge is 0.120 e. The maximum Gasteiger partial charge on any atom is 0.120 e. The standard InChI is InChI=1S/C17H25N3O/c1-13-6-7-17(21)16(10-13)12-19(4)8-5-9-20-15(3)11-14(2)18-20/h6-7,10-11,21H,5,8-9,12H2,1-4H3. The SMILES string of the molecule is Cc1ccc(O)c(CN(C)CCCn2nc(C)cc2C)c1. The van der Waals surface area contributed by atoms with E-state index in [1.54, 1.807) is 6.07 Å². The fraction of sp³-hybridized carbons (Fsp3) is 0.471. The van der Waals surface area contributed by atoms with E-state index in [-0.39, 0.29) is 0 Å². The van der Waals surface area contributed by atoms with Gasteiger partial charge in [0.15, 0.2) is 0 Å². The van der Waals surface area contributed by atoms with Crippen LogP contribution in [0.2, 0.25) is 0 Å². The Kier molecular flexibility index (Phi) is 5.02. The van der Waals surface area contributed by atoms with E-state index in [2.05, 4.69) is 34.7 Å². The number of rotatable bonds is 6. The summed E-state index contributed by atoms with van der Waals surface area (Å²) in [4.78, 5) is 2.24. The van der Waals surface area contributed by atoms with Gasteiger partial charge in [0.1, 0.15) is 5.75 Å². The molecule has 114 valence electrons. The number of phenols is 1. The number of aryl methyl sites for hydroxylation is 4. The molecule has 4 nitrogen and oxygen atoms in total. The van der Waals surface area contributed by atoms with Gasteiger partial charge in [0.2, 0.25) is 0 Å². The summed E-state index contributed by atoms with van der Waals surface area (Å²) in [6.07, 6.45) is 1.05. The summed E-state index contributed by atoms with van der Waals surface area (Å²) < 4.78 is 2.06. The molecule has 1 N–H and O–H groups in total. The molecule has 0 spiro atoms. The zero-order valence-electron chi connectivity index (χ0n) is 13.4. The Hall–Kier alpha value is -1.81. The highest BCUT2D eigenvalue weighted by Gasteiger charge is 2.06. The summed E-state index contributed by atoms with van der Waals surface area (Å²) in [6.45, 7) is 8.84. The first-order valence-electron chi connectivity index (χ1n) is 7.44. The van der Waals surface area contributed by atoms with Gasteiger partial charge in [-0.3, -0.25) is 4.68 Å². The number of aromatic nitrogens is 2. The fourth-order valence-electron chi connectivity index (χ4n) is 2.60. The van der Waals surface area contributed by atoms with Gasteiger partial charge in [-0.15, -0.1) is 0 Å². The quantitative estimate of drug-likeness (QED) is 0.888. The highest BCUT2D eigenvalue weighted by Crippen LogP contribution is 2.19. The molecule has 1 aromatic carbocycles. The molecule has 1 aromatic heterocycles. The van der Waals surface area contributed by atoms with Crippen molar-refractivity contribution in [1.29, 1.82) is 0 Å². The first kappa shape index (κ1) is 15.6. The van der Waals surface area contributed by atoms with Crippen LogP contribution in [0.1, 0.15) is 28.9 Å². The minimum atomic E-state index is 0.381. The highest BCUT2D eigenvalue weighted by molar-refractivity contribution is 5.35. The molecule has 0 radical (unpaired) electrons. The molecular weight excluding hydrogens is 262 g/mol. The van der Waals surface area contributed by atoms with E-state index >= 15 is 0 Å². The molecule has 1 heterocycles. The zero-order chi connectivity index (χ0) is 15.4. The third-order valence-corrected chi connectivity index (χ3v) is 3.69. The van der Waals surface area contributed by atoms with Gasteiger partial charge in [-0.2, -0.15) is 5.10 Å². The molecule has 0 aliphatic carbocycles. The molecule has 0 saturated heterocycles. The number of benzene rings is 1. The molecule has 0 bridgehead atoms. The van der Waals surface area contributed by atoms with Crippen LogP contribution in [-0.2, 0) is 13.1 Å². The molecule has 0 aliphatic rings. The van der Waals surface area contributed by atoms with Crippen molar-refractivity contribution in [2.75, 3.05) is 13.6 Å². The van der Waals surface area contributed by atoms with Crippen LogP contribution >= 0.6 is 0 Å². The van der Waals surface area contributed by atoms with Crippen LogP contribution in [0.15, 0.2) is 24.3 Å². The van der Waals surface area contributed by atoms with Crippen molar-refractivity contribution in [2.45, 2.75) is 40.3 Å². The van der Waals surface area contributed by atoms with Crippen LogP contribution in [0.4, 0.5) is 0 Å². The van der Waals surface area contributed by atoms with E-state index in [4.69, 9.17) is 0 Å². The number of phenolic OH excluding ortho intramolecular Hbond substituents is 1. The number of nitrogens with zero attached hydrogens (tertiary/aromatic N) is 3. The molecule has 2 aromatic rings. The number of hydrogen-bond donors (Lipinski definition) is 1. The van der Waals surface area contributed by atoms with Crippen LogP contribution < -0.4 is 0 Å². The van der Waals surface area contributed by atoms with E-state index in [9.17, 15) is 5.11 Å². The Morgan fingerprint density at radius 2 is 1.95 bits per heavy atom. The third kappa shape index (κ3) is 4.33. The van der Waals surface area contributed by atoms with Gasteiger partial charge >= 0.3 is 0 Å². The molecule has 0 fully saturated rings. The van der Waals surface area contributed by atoms with Crippen molar-refractivity contribution < 1.29 is 5.11 Å². The highest BCUT2D eigenvalue weighted by atomic mass is 16.3. The molecule has 0 aliphatic heterocycles. The lowest BCUT2D eigenvalue weighted by Gasteiger charge is -2.18. The Balaban J connectivity index is 1.83. The molecule has 0 saturated carbocycles. The average molecular weight is 287 g/mol. The van der Waals surface area contributed by atoms with E-state index < -0.39 is 0 Å². The molecule has 21 heavy (non-hydrogen) atoms. The minimum absolute atomic E-state index is 0.381. The summed E-state index contributed by atoms with van der Waals surface area (Å²) in [6, 6.07) is 7.86. The molecular formula is C17H25N3O. The van der Waals surface area contributed by atoms with Crippen LogP contribution in [-0.4, -0.2) is 33.4 Å². The summed E-state index contributed by atoms with van der Waals surface area (Å²) in [5.41, 5.74) is 4.46. The predicted molar refractivity (Wildman–Crippen MR) is 85.5 cm³/mol. The van der Waals surface area contributed by atoms with Gasteiger partial charge in [-0.25, -0.2) is 0 Å². The van der Waals surface area contributed by atoms with E-state index in [1.807, 2.05) is 26.0 Å². The second kappa shape index (κ2) is 6.76. The van der Waals surface area contributed by atoms with Crippen LogP contribution in [0.5, 0.6) is 5.75 Å². The lowest BCUT2D eigenvalue weighted by Crippen LogP contribution is -2.21.